The van der Waals surface area contributed by atoms with E-state index >= 15 is 0 Å². The van der Waals surface area contributed by atoms with Crippen LogP contribution in [0.3, 0.4) is 0 Å². The van der Waals surface area contributed by atoms with Gasteiger partial charge in [-0.15, -0.1) is 0 Å². The van der Waals surface area contributed by atoms with E-state index in [-0.39, 0.29) is 11.8 Å². The summed E-state index contributed by atoms with van der Waals surface area (Å²) in [7, 11) is 0. The first-order chi connectivity index (χ1) is 11.2. The van der Waals surface area contributed by atoms with Gasteiger partial charge in [0.15, 0.2) is 5.82 Å². The van der Waals surface area contributed by atoms with E-state index in [0.29, 0.717) is 24.6 Å². The average molecular weight is 315 g/mol. The zero-order chi connectivity index (χ0) is 15.8. The number of rotatable bonds is 4. The molecule has 2 aromatic rings. The molecule has 0 unspecified atom stereocenters. The van der Waals surface area contributed by atoms with E-state index in [2.05, 4.69) is 17.1 Å². The summed E-state index contributed by atoms with van der Waals surface area (Å²) < 4.78 is 10.5. The fraction of sp³-hybridized carbons (Fsp3) is 0.588. The molecular weight excluding hydrogens is 294 g/mol. The molecule has 3 heterocycles. The molecule has 2 fully saturated rings. The van der Waals surface area contributed by atoms with Crippen molar-refractivity contribution >= 4 is 5.91 Å². The summed E-state index contributed by atoms with van der Waals surface area (Å²) in [5.74, 6) is 3.01. The molecule has 1 saturated carbocycles. The van der Waals surface area contributed by atoms with Crippen LogP contribution in [0.5, 0.6) is 0 Å². The van der Waals surface area contributed by atoms with E-state index in [1.165, 1.54) is 25.4 Å². The topological polar surface area (TPSA) is 72.4 Å². The molecule has 122 valence electrons. The normalized spacial score (nSPS) is 20.7. The Morgan fingerprint density at radius 2 is 2.09 bits per heavy atom. The van der Waals surface area contributed by atoms with Gasteiger partial charge in [-0.05, 0) is 37.7 Å². The van der Waals surface area contributed by atoms with Crippen molar-refractivity contribution in [1.82, 2.24) is 15.0 Å². The summed E-state index contributed by atoms with van der Waals surface area (Å²) >= 11 is 0. The molecule has 1 amide bonds. The number of furan rings is 1. The third-order valence-electron chi connectivity index (χ3n) is 5.09. The first-order valence-electron chi connectivity index (χ1n) is 8.37. The molecule has 0 N–H and O–H groups in total. The fourth-order valence-electron chi connectivity index (χ4n) is 3.30. The Hall–Kier alpha value is -2.11. The molecule has 2 aliphatic rings. The Labute approximate surface area is 134 Å². The van der Waals surface area contributed by atoms with Gasteiger partial charge in [-0.25, -0.2) is 0 Å². The third-order valence-corrected chi connectivity index (χ3v) is 5.09. The molecular formula is C17H21N3O3. The minimum atomic E-state index is 0.0331. The zero-order valence-corrected chi connectivity index (χ0v) is 13.3. The number of aromatic nitrogens is 2. The molecule has 0 aromatic carbocycles. The number of likely N-dealkylation sites (tertiary alicyclic amines) is 1. The van der Waals surface area contributed by atoms with Crippen LogP contribution >= 0.6 is 0 Å². The first kappa shape index (κ1) is 14.5. The van der Waals surface area contributed by atoms with Gasteiger partial charge in [0.25, 0.3) is 5.91 Å². The number of amides is 1. The van der Waals surface area contributed by atoms with Crippen molar-refractivity contribution in [1.29, 1.82) is 0 Å². The van der Waals surface area contributed by atoms with Crippen molar-refractivity contribution in [3.8, 4) is 0 Å². The number of carbonyl (C=O) groups is 1. The van der Waals surface area contributed by atoms with Crippen LogP contribution in [0.2, 0.25) is 0 Å². The maximum atomic E-state index is 12.3. The summed E-state index contributed by atoms with van der Waals surface area (Å²) in [5, 5.41) is 4.17. The third kappa shape index (κ3) is 2.90. The van der Waals surface area contributed by atoms with Crippen molar-refractivity contribution in [2.75, 3.05) is 13.1 Å². The van der Waals surface area contributed by atoms with Crippen molar-refractivity contribution in [3.63, 3.8) is 0 Å². The molecule has 0 bridgehead atoms. The van der Waals surface area contributed by atoms with Gasteiger partial charge in [0.1, 0.15) is 6.26 Å². The summed E-state index contributed by atoms with van der Waals surface area (Å²) in [6.07, 6.45) is 7.31. The van der Waals surface area contributed by atoms with E-state index in [1.807, 2.05) is 4.90 Å². The number of carbonyl (C=O) groups excluding carboxylic acids is 1. The van der Waals surface area contributed by atoms with Gasteiger partial charge in [-0.1, -0.05) is 12.1 Å². The average Bonchev–Trinajstić information content (AvgIpc) is 3.09. The Balaban J connectivity index is 1.37. The molecule has 1 saturated heterocycles. The molecule has 6 nitrogen and oxygen atoms in total. The van der Waals surface area contributed by atoms with Crippen LogP contribution in [0.1, 0.15) is 66.5 Å². The van der Waals surface area contributed by atoms with Crippen molar-refractivity contribution in [2.24, 2.45) is 5.92 Å². The minimum absolute atomic E-state index is 0.0331. The summed E-state index contributed by atoms with van der Waals surface area (Å²) in [6.45, 7) is 3.60. The number of hydrogen-bond donors (Lipinski definition) is 0. The smallest absolute Gasteiger partial charge is 0.257 e. The van der Waals surface area contributed by atoms with Gasteiger partial charge >= 0.3 is 0 Å². The highest BCUT2D eigenvalue weighted by Gasteiger charge is 2.33. The second-order valence-electron chi connectivity index (χ2n) is 6.70. The Kier molecular flexibility index (Phi) is 3.67. The largest absolute Gasteiger partial charge is 0.472 e. The lowest BCUT2D eigenvalue weighted by molar-refractivity contribution is 0.0704. The van der Waals surface area contributed by atoms with Crippen LogP contribution < -0.4 is 0 Å². The Morgan fingerprint density at radius 3 is 2.74 bits per heavy atom. The predicted molar refractivity (Wildman–Crippen MR) is 82.0 cm³/mol. The highest BCUT2D eigenvalue weighted by Crippen LogP contribution is 2.41. The molecule has 4 rings (SSSR count). The number of nitrogens with zero attached hydrogens (tertiary/aromatic N) is 3. The number of hydrogen-bond acceptors (Lipinski definition) is 5. The van der Waals surface area contributed by atoms with Crippen LogP contribution in [-0.2, 0) is 0 Å². The monoisotopic (exact) mass is 315 g/mol. The van der Waals surface area contributed by atoms with Crippen LogP contribution in [0, 0.1) is 5.92 Å². The van der Waals surface area contributed by atoms with Crippen LogP contribution in [0.4, 0.5) is 0 Å². The number of piperidine rings is 1. The molecule has 2 aromatic heterocycles. The molecule has 0 radical (unpaired) electrons. The van der Waals surface area contributed by atoms with Gasteiger partial charge in [0.05, 0.1) is 11.8 Å². The zero-order valence-electron chi connectivity index (χ0n) is 13.3. The molecule has 1 aliphatic carbocycles. The minimum Gasteiger partial charge on any atom is -0.472 e. The van der Waals surface area contributed by atoms with Crippen LogP contribution in [0.15, 0.2) is 27.5 Å². The fourth-order valence-corrected chi connectivity index (χ4v) is 3.30. The van der Waals surface area contributed by atoms with Crippen LogP contribution in [0.25, 0.3) is 0 Å². The van der Waals surface area contributed by atoms with Crippen molar-refractivity contribution in [3.05, 3.63) is 35.9 Å². The predicted octanol–water partition coefficient (Wildman–Crippen LogP) is 3.20. The van der Waals surface area contributed by atoms with Gasteiger partial charge < -0.3 is 13.8 Å². The maximum Gasteiger partial charge on any atom is 0.257 e. The second kappa shape index (κ2) is 5.83. The summed E-state index contributed by atoms with van der Waals surface area (Å²) in [5.41, 5.74) is 0.613. The highest BCUT2D eigenvalue weighted by molar-refractivity contribution is 5.93. The van der Waals surface area contributed by atoms with E-state index < -0.39 is 0 Å². The van der Waals surface area contributed by atoms with Crippen LogP contribution in [-0.4, -0.2) is 34.0 Å². The van der Waals surface area contributed by atoms with Gasteiger partial charge in [0.2, 0.25) is 5.89 Å². The van der Waals surface area contributed by atoms with E-state index in [1.54, 1.807) is 6.07 Å². The summed E-state index contributed by atoms with van der Waals surface area (Å²) in [4.78, 5) is 18.8. The van der Waals surface area contributed by atoms with Crippen molar-refractivity contribution < 1.29 is 13.7 Å². The molecule has 23 heavy (non-hydrogen) atoms. The van der Waals surface area contributed by atoms with E-state index in [0.717, 1.165) is 30.5 Å². The molecule has 1 atom stereocenters. The second-order valence-corrected chi connectivity index (χ2v) is 6.70. The maximum absolute atomic E-state index is 12.3. The van der Waals surface area contributed by atoms with Gasteiger partial charge in [-0.2, -0.15) is 4.98 Å². The Bertz CT molecular complexity index is 667. The lowest BCUT2D eigenvalue weighted by atomic mass is 9.96. The SMILES string of the molecule is C[C@H](c1noc(C2CCN(C(=O)c3ccoc3)CC2)n1)C1CC1. The van der Waals surface area contributed by atoms with E-state index in [9.17, 15) is 4.79 Å². The lowest BCUT2D eigenvalue weighted by Gasteiger charge is -2.30. The van der Waals surface area contributed by atoms with Gasteiger partial charge in [-0.3, -0.25) is 4.79 Å². The van der Waals surface area contributed by atoms with E-state index in [4.69, 9.17) is 8.94 Å². The molecule has 6 heteroatoms. The highest BCUT2D eigenvalue weighted by atomic mass is 16.5. The molecule has 1 aliphatic heterocycles. The van der Waals surface area contributed by atoms with Gasteiger partial charge in [0, 0.05) is 24.9 Å². The van der Waals surface area contributed by atoms with Crippen molar-refractivity contribution in [2.45, 2.75) is 44.4 Å². The lowest BCUT2D eigenvalue weighted by Crippen LogP contribution is -2.37. The molecule has 0 spiro atoms. The Morgan fingerprint density at radius 1 is 1.30 bits per heavy atom. The first-order valence-corrected chi connectivity index (χ1v) is 8.37. The quantitative estimate of drug-likeness (QED) is 0.866. The standard InChI is InChI=1S/C17H21N3O3/c1-11(12-2-3-12)15-18-16(23-19-15)13-4-7-20(8-5-13)17(21)14-6-9-22-10-14/h6,9-13H,2-5,7-8H2,1H3/t11-/m0/s1. The summed E-state index contributed by atoms with van der Waals surface area (Å²) in [6, 6.07) is 1.71.